The third kappa shape index (κ3) is 4.85. The van der Waals surface area contributed by atoms with Gasteiger partial charge in [-0.25, -0.2) is 0 Å². The minimum Gasteiger partial charge on any atom is -0.0691 e. The maximum atomic E-state index is 6.08. The van der Waals surface area contributed by atoms with Crippen LogP contribution >= 0.6 is 0 Å². The van der Waals surface area contributed by atoms with E-state index >= 15 is 0 Å². The highest BCUT2D eigenvalue weighted by Crippen LogP contribution is 2.37. The molecule has 1 unspecified atom stereocenters. The van der Waals surface area contributed by atoms with Gasteiger partial charge < -0.3 is 0 Å². The molecular weight excluding hydrogens is 143 g/mol. The first-order chi connectivity index (χ1) is 5.33. The van der Waals surface area contributed by atoms with Crippen LogP contribution in [0, 0.1) is 5.41 Å². The lowest BCUT2D eigenvalue weighted by molar-refractivity contribution is 0.291. The zero-order chi connectivity index (χ0) is 9.83. The van der Waals surface area contributed by atoms with Crippen molar-refractivity contribution < 1.29 is 0 Å². The quantitative estimate of drug-likeness (QED) is 0.542. The lowest BCUT2D eigenvalue weighted by Gasteiger charge is -2.29. The van der Waals surface area contributed by atoms with Gasteiger partial charge >= 0.3 is 0 Å². The fraction of sp³-hybridized carbons (Fsp3) is 1.00. The van der Waals surface area contributed by atoms with Crippen molar-refractivity contribution in [1.29, 1.82) is 0 Å². The van der Waals surface area contributed by atoms with Gasteiger partial charge in [-0.3, -0.25) is 0 Å². The van der Waals surface area contributed by atoms with Crippen LogP contribution < -0.4 is 0 Å². The highest BCUT2D eigenvalue weighted by Gasteiger charge is 2.21. The summed E-state index contributed by atoms with van der Waals surface area (Å²) >= 11 is 0. The van der Waals surface area contributed by atoms with Crippen molar-refractivity contribution in [3.8, 4) is 0 Å². The molecule has 0 rings (SSSR count). The van der Waals surface area contributed by atoms with Crippen LogP contribution in [0.1, 0.15) is 60.3 Å². The standard InChI is InChI=1S/C11H23B/c1-6-10(3,4)8-9-11(5,12)7-2/h6-9H2,1-5H3. The van der Waals surface area contributed by atoms with Crippen LogP contribution in [0.3, 0.4) is 0 Å². The third-order valence-corrected chi connectivity index (χ3v) is 3.14. The summed E-state index contributed by atoms with van der Waals surface area (Å²) in [6.45, 7) is 11.2. The van der Waals surface area contributed by atoms with Gasteiger partial charge in [0.25, 0.3) is 0 Å². The first-order valence-corrected chi connectivity index (χ1v) is 5.12. The van der Waals surface area contributed by atoms with Gasteiger partial charge in [0.1, 0.15) is 0 Å². The number of hydrogen-bond donors (Lipinski definition) is 0. The van der Waals surface area contributed by atoms with Crippen molar-refractivity contribution in [1.82, 2.24) is 0 Å². The Kier molecular flexibility index (Phi) is 4.37. The Balaban J connectivity index is 3.82. The molecule has 0 heterocycles. The zero-order valence-electron chi connectivity index (χ0n) is 9.41. The van der Waals surface area contributed by atoms with E-state index in [0.717, 1.165) is 12.8 Å². The van der Waals surface area contributed by atoms with Crippen LogP contribution in [0.4, 0.5) is 0 Å². The molecule has 1 heteroatoms. The van der Waals surface area contributed by atoms with E-state index in [0.29, 0.717) is 5.41 Å². The molecule has 0 aromatic carbocycles. The monoisotopic (exact) mass is 166 g/mol. The normalized spacial score (nSPS) is 17.4. The molecule has 0 amide bonds. The Bertz CT molecular complexity index is 109. The maximum Gasteiger partial charge on any atom is 0.0742 e. The first-order valence-electron chi connectivity index (χ1n) is 5.12. The second-order valence-corrected chi connectivity index (χ2v) is 5.03. The summed E-state index contributed by atoms with van der Waals surface area (Å²) in [5.41, 5.74) is 0.468. The summed E-state index contributed by atoms with van der Waals surface area (Å²) in [7, 11) is 6.08. The van der Waals surface area contributed by atoms with Gasteiger partial charge in [0.05, 0.1) is 7.85 Å². The molecule has 0 aliphatic rings. The average molecular weight is 166 g/mol. The fourth-order valence-electron chi connectivity index (χ4n) is 0.977. The number of rotatable bonds is 5. The van der Waals surface area contributed by atoms with Crippen molar-refractivity contribution in [2.45, 2.75) is 65.6 Å². The highest BCUT2D eigenvalue weighted by molar-refractivity contribution is 6.14. The van der Waals surface area contributed by atoms with Gasteiger partial charge in [0.15, 0.2) is 0 Å². The molecule has 0 aromatic heterocycles. The second kappa shape index (κ2) is 4.34. The van der Waals surface area contributed by atoms with Crippen molar-refractivity contribution in [2.24, 2.45) is 5.41 Å². The molecule has 0 aliphatic heterocycles. The SMILES string of the molecule is [B]C(C)(CC)CCC(C)(C)CC. The molecule has 12 heavy (non-hydrogen) atoms. The minimum absolute atomic E-state index is 0.0481. The van der Waals surface area contributed by atoms with Crippen molar-refractivity contribution in [3.05, 3.63) is 0 Å². The van der Waals surface area contributed by atoms with E-state index in [1.165, 1.54) is 12.8 Å². The Morgan fingerprint density at radius 3 is 1.75 bits per heavy atom. The molecule has 0 aromatic rings. The van der Waals surface area contributed by atoms with Crippen LogP contribution in [0.5, 0.6) is 0 Å². The first kappa shape index (κ1) is 12.1. The Labute approximate surface area is 79.5 Å². The minimum atomic E-state index is 0.0481. The Hall–Kier alpha value is 0.0649. The molecule has 2 radical (unpaired) electrons. The summed E-state index contributed by atoms with van der Waals surface area (Å²) in [5, 5.41) is 0.0481. The average Bonchev–Trinajstić information content (AvgIpc) is 2.02. The Morgan fingerprint density at radius 1 is 0.917 bits per heavy atom. The largest absolute Gasteiger partial charge is 0.0742 e. The Morgan fingerprint density at radius 2 is 1.42 bits per heavy atom. The smallest absolute Gasteiger partial charge is 0.0691 e. The summed E-state index contributed by atoms with van der Waals surface area (Å²) in [6.07, 6.45) is 4.70. The fourth-order valence-corrected chi connectivity index (χ4v) is 0.977. The van der Waals surface area contributed by atoms with E-state index in [4.69, 9.17) is 7.85 Å². The van der Waals surface area contributed by atoms with Gasteiger partial charge in [-0.2, -0.15) is 0 Å². The predicted molar refractivity (Wildman–Crippen MR) is 57.7 cm³/mol. The van der Waals surface area contributed by atoms with Crippen molar-refractivity contribution in [3.63, 3.8) is 0 Å². The van der Waals surface area contributed by atoms with E-state index in [2.05, 4.69) is 34.6 Å². The van der Waals surface area contributed by atoms with Crippen LogP contribution in [0.15, 0.2) is 0 Å². The van der Waals surface area contributed by atoms with E-state index in [1.54, 1.807) is 0 Å². The van der Waals surface area contributed by atoms with Gasteiger partial charge in [0.2, 0.25) is 0 Å². The zero-order valence-corrected chi connectivity index (χ0v) is 9.41. The van der Waals surface area contributed by atoms with E-state index in [1.807, 2.05) is 0 Å². The molecule has 0 fully saturated rings. The van der Waals surface area contributed by atoms with E-state index < -0.39 is 0 Å². The van der Waals surface area contributed by atoms with Gasteiger partial charge in [-0.1, -0.05) is 59.2 Å². The van der Waals surface area contributed by atoms with Crippen LogP contribution in [-0.2, 0) is 0 Å². The summed E-state index contributed by atoms with van der Waals surface area (Å²) in [6, 6.07) is 0. The van der Waals surface area contributed by atoms with Crippen molar-refractivity contribution >= 4 is 7.85 Å². The molecule has 0 N–H and O–H groups in total. The third-order valence-electron chi connectivity index (χ3n) is 3.14. The predicted octanol–water partition coefficient (Wildman–Crippen LogP) is 3.96. The molecule has 1 atom stereocenters. The van der Waals surface area contributed by atoms with Crippen LogP contribution in [-0.4, -0.2) is 7.85 Å². The highest BCUT2D eigenvalue weighted by atomic mass is 14.2. The molecule has 0 spiro atoms. The molecule has 0 nitrogen and oxygen atoms in total. The summed E-state index contributed by atoms with van der Waals surface area (Å²) in [4.78, 5) is 0. The molecule has 0 bridgehead atoms. The van der Waals surface area contributed by atoms with Gasteiger partial charge in [0, 0.05) is 0 Å². The topological polar surface area (TPSA) is 0 Å². The van der Waals surface area contributed by atoms with Crippen LogP contribution in [0.25, 0.3) is 0 Å². The molecule has 0 saturated carbocycles. The number of hydrogen-bond acceptors (Lipinski definition) is 0. The van der Waals surface area contributed by atoms with Crippen molar-refractivity contribution in [2.75, 3.05) is 0 Å². The van der Waals surface area contributed by atoms with Gasteiger partial charge in [-0.15, -0.1) is 0 Å². The van der Waals surface area contributed by atoms with Gasteiger partial charge in [-0.05, 0) is 11.8 Å². The maximum absolute atomic E-state index is 6.08. The molecule has 0 aliphatic carbocycles. The molecule has 0 saturated heterocycles. The lowest BCUT2D eigenvalue weighted by atomic mass is 9.63. The second-order valence-electron chi connectivity index (χ2n) is 5.03. The summed E-state index contributed by atoms with van der Waals surface area (Å²) < 4.78 is 0. The van der Waals surface area contributed by atoms with Crippen LogP contribution in [0.2, 0.25) is 5.31 Å². The van der Waals surface area contributed by atoms with E-state index in [9.17, 15) is 0 Å². The van der Waals surface area contributed by atoms with E-state index in [-0.39, 0.29) is 5.31 Å². The lowest BCUT2D eigenvalue weighted by Crippen LogP contribution is -2.15. The molecule has 70 valence electrons. The summed E-state index contributed by atoms with van der Waals surface area (Å²) in [5.74, 6) is 0. The molecular formula is C11H23B.